The van der Waals surface area contributed by atoms with Crippen LogP contribution in [0.3, 0.4) is 0 Å². The minimum Gasteiger partial charge on any atom is -0.359 e. The lowest BCUT2D eigenvalue weighted by Gasteiger charge is -2.40. The first kappa shape index (κ1) is 7.53. The minimum absolute atomic E-state index is 0.173. The number of hydrogen-bond donors (Lipinski definition) is 0. The van der Waals surface area contributed by atoms with Crippen LogP contribution in [-0.4, -0.2) is 19.0 Å². The number of nitrogens with zero attached hydrogens (tertiary/aromatic N) is 1. The van der Waals surface area contributed by atoms with Gasteiger partial charge in [-0.25, -0.2) is 8.78 Å². The fourth-order valence-electron chi connectivity index (χ4n) is 1.26. The van der Waals surface area contributed by atoms with Crippen molar-refractivity contribution in [1.82, 2.24) is 0 Å². The number of benzene rings is 1. The average Bonchev–Trinajstić information content (AvgIpc) is 2.02. The van der Waals surface area contributed by atoms with Crippen LogP contribution in [-0.2, 0) is 0 Å². The molecule has 0 saturated carbocycles. The van der Waals surface area contributed by atoms with Gasteiger partial charge >= 0.3 is 0 Å². The van der Waals surface area contributed by atoms with Crippen LogP contribution in [0, 0.1) is 6.07 Å². The van der Waals surface area contributed by atoms with Gasteiger partial charge in [-0.05, 0) is 6.07 Å². The SMILES string of the molecule is FC1(F)CN(c2[c]cccc2)C1. The molecule has 0 unspecified atom stereocenters. The third kappa shape index (κ3) is 1.26. The molecule has 3 heteroatoms. The molecule has 1 aliphatic heterocycles. The van der Waals surface area contributed by atoms with E-state index >= 15 is 0 Å². The highest BCUT2D eigenvalue weighted by Gasteiger charge is 2.43. The van der Waals surface area contributed by atoms with Crippen LogP contribution in [0.25, 0.3) is 0 Å². The fraction of sp³-hybridized carbons (Fsp3) is 0.333. The van der Waals surface area contributed by atoms with Crippen LogP contribution in [0.5, 0.6) is 0 Å². The zero-order chi connectivity index (χ0) is 8.60. The van der Waals surface area contributed by atoms with E-state index < -0.39 is 5.92 Å². The highest BCUT2D eigenvalue weighted by Crippen LogP contribution is 2.30. The summed E-state index contributed by atoms with van der Waals surface area (Å²) in [7, 11) is 0. The van der Waals surface area contributed by atoms with E-state index in [2.05, 4.69) is 6.07 Å². The third-order valence-electron chi connectivity index (χ3n) is 1.88. The first-order chi connectivity index (χ1) is 5.67. The number of rotatable bonds is 1. The molecule has 0 spiro atoms. The molecule has 1 aromatic rings. The number of alkyl halides is 2. The van der Waals surface area contributed by atoms with Crippen molar-refractivity contribution < 1.29 is 8.78 Å². The molecule has 2 rings (SSSR count). The Bertz CT molecular complexity index is 263. The Kier molecular flexibility index (Phi) is 1.53. The van der Waals surface area contributed by atoms with E-state index in [9.17, 15) is 8.78 Å². The third-order valence-corrected chi connectivity index (χ3v) is 1.88. The van der Waals surface area contributed by atoms with Gasteiger partial charge in [-0.3, -0.25) is 0 Å². The molecule has 1 radical (unpaired) electrons. The Morgan fingerprint density at radius 2 is 2.08 bits per heavy atom. The summed E-state index contributed by atoms with van der Waals surface area (Å²) < 4.78 is 24.8. The van der Waals surface area contributed by atoms with Gasteiger partial charge in [0.05, 0.1) is 13.1 Å². The Balaban J connectivity index is 2.06. The number of hydrogen-bond acceptors (Lipinski definition) is 1. The molecule has 1 nitrogen and oxygen atoms in total. The molecule has 1 heterocycles. The van der Waals surface area contributed by atoms with Crippen molar-refractivity contribution >= 4 is 5.69 Å². The monoisotopic (exact) mass is 168 g/mol. The summed E-state index contributed by atoms with van der Waals surface area (Å²) in [5.41, 5.74) is 0.753. The predicted octanol–water partition coefficient (Wildman–Crippen LogP) is 1.94. The molecule has 63 valence electrons. The molecular weight excluding hydrogens is 160 g/mol. The fourth-order valence-corrected chi connectivity index (χ4v) is 1.26. The van der Waals surface area contributed by atoms with Gasteiger partial charge in [0.15, 0.2) is 0 Å². The van der Waals surface area contributed by atoms with E-state index in [1.54, 1.807) is 17.0 Å². The van der Waals surface area contributed by atoms with Crippen molar-refractivity contribution in [3.8, 4) is 0 Å². The Labute approximate surface area is 69.6 Å². The summed E-state index contributed by atoms with van der Waals surface area (Å²) in [5.74, 6) is -2.50. The van der Waals surface area contributed by atoms with Crippen molar-refractivity contribution in [1.29, 1.82) is 0 Å². The van der Waals surface area contributed by atoms with Gasteiger partial charge < -0.3 is 4.90 Å². The lowest BCUT2D eigenvalue weighted by molar-refractivity contribution is -0.0262. The molecule has 1 aliphatic rings. The lowest BCUT2D eigenvalue weighted by atomic mass is 10.1. The topological polar surface area (TPSA) is 3.24 Å². The zero-order valence-electron chi connectivity index (χ0n) is 6.43. The largest absolute Gasteiger partial charge is 0.359 e. The maximum absolute atomic E-state index is 12.4. The van der Waals surface area contributed by atoms with E-state index in [0.29, 0.717) is 0 Å². The zero-order valence-corrected chi connectivity index (χ0v) is 6.43. The molecule has 1 fully saturated rings. The second-order valence-electron chi connectivity index (χ2n) is 2.96. The van der Waals surface area contributed by atoms with Crippen molar-refractivity contribution in [2.45, 2.75) is 5.92 Å². The van der Waals surface area contributed by atoms with Crippen LogP contribution >= 0.6 is 0 Å². The van der Waals surface area contributed by atoms with E-state index in [-0.39, 0.29) is 13.1 Å². The quantitative estimate of drug-likeness (QED) is 0.619. The molecule has 1 aromatic carbocycles. The summed E-state index contributed by atoms with van der Waals surface area (Å²) in [6.07, 6.45) is 0. The standard InChI is InChI=1S/C9H8F2N/c10-9(11)6-12(7-9)8-4-2-1-3-5-8/h1-4H,6-7H2. The highest BCUT2D eigenvalue weighted by atomic mass is 19.3. The minimum atomic E-state index is -2.50. The molecule has 0 amide bonds. The Morgan fingerprint density at radius 3 is 2.58 bits per heavy atom. The summed E-state index contributed by atoms with van der Waals surface area (Å²) in [4.78, 5) is 1.61. The highest BCUT2D eigenvalue weighted by molar-refractivity contribution is 5.48. The molecule has 1 saturated heterocycles. The first-order valence-electron chi connectivity index (χ1n) is 3.77. The van der Waals surface area contributed by atoms with Gasteiger partial charge in [0.1, 0.15) is 0 Å². The molecule has 0 N–H and O–H groups in total. The van der Waals surface area contributed by atoms with Crippen LogP contribution in [0.2, 0.25) is 0 Å². The molecule has 12 heavy (non-hydrogen) atoms. The van der Waals surface area contributed by atoms with E-state index in [0.717, 1.165) is 5.69 Å². The van der Waals surface area contributed by atoms with E-state index in [1.807, 2.05) is 12.1 Å². The van der Waals surface area contributed by atoms with E-state index in [4.69, 9.17) is 0 Å². The first-order valence-corrected chi connectivity index (χ1v) is 3.77. The Hall–Kier alpha value is -1.12. The summed E-state index contributed by atoms with van der Waals surface area (Å²) in [6.45, 7) is -0.346. The average molecular weight is 168 g/mol. The lowest BCUT2D eigenvalue weighted by Crippen LogP contribution is -2.56. The number of anilines is 1. The summed E-state index contributed by atoms with van der Waals surface area (Å²) in [6, 6.07) is 10.1. The Morgan fingerprint density at radius 1 is 1.33 bits per heavy atom. The van der Waals surface area contributed by atoms with Gasteiger partial charge in [-0.2, -0.15) is 0 Å². The van der Waals surface area contributed by atoms with Crippen LogP contribution in [0.4, 0.5) is 14.5 Å². The van der Waals surface area contributed by atoms with Crippen LogP contribution in [0.1, 0.15) is 0 Å². The molecule has 0 atom stereocenters. The second kappa shape index (κ2) is 2.44. The van der Waals surface area contributed by atoms with Crippen molar-refractivity contribution in [2.75, 3.05) is 18.0 Å². The smallest absolute Gasteiger partial charge is 0.282 e. The van der Waals surface area contributed by atoms with Crippen molar-refractivity contribution in [3.05, 3.63) is 30.3 Å². The number of para-hydroxylation sites is 1. The normalized spacial score (nSPS) is 20.3. The van der Waals surface area contributed by atoms with Crippen molar-refractivity contribution in [3.63, 3.8) is 0 Å². The predicted molar refractivity (Wildman–Crippen MR) is 42.4 cm³/mol. The van der Waals surface area contributed by atoms with Crippen molar-refractivity contribution in [2.24, 2.45) is 0 Å². The molecule has 0 aliphatic carbocycles. The van der Waals surface area contributed by atoms with Gasteiger partial charge in [0.2, 0.25) is 0 Å². The summed E-state index contributed by atoms with van der Waals surface area (Å²) in [5, 5.41) is 0. The number of halogens is 2. The van der Waals surface area contributed by atoms with Gasteiger partial charge in [0, 0.05) is 11.8 Å². The maximum Gasteiger partial charge on any atom is 0.282 e. The van der Waals surface area contributed by atoms with Crippen LogP contribution in [0.15, 0.2) is 24.3 Å². The van der Waals surface area contributed by atoms with Gasteiger partial charge in [-0.1, -0.05) is 18.2 Å². The molecular formula is C9H8F2N. The van der Waals surface area contributed by atoms with Gasteiger partial charge in [-0.15, -0.1) is 0 Å². The summed E-state index contributed by atoms with van der Waals surface area (Å²) >= 11 is 0. The van der Waals surface area contributed by atoms with E-state index in [1.165, 1.54) is 0 Å². The molecule has 0 bridgehead atoms. The maximum atomic E-state index is 12.4. The molecule has 0 aromatic heterocycles. The van der Waals surface area contributed by atoms with Gasteiger partial charge in [0.25, 0.3) is 5.92 Å². The van der Waals surface area contributed by atoms with Crippen LogP contribution < -0.4 is 4.90 Å². The second-order valence-corrected chi connectivity index (χ2v) is 2.96.